The lowest BCUT2D eigenvalue weighted by atomic mass is 10.0. The molecule has 21 heavy (non-hydrogen) atoms. The summed E-state index contributed by atoms with van der Waals surface area (Å²) in [6.07, 6.45) is 3.17. The van der Waals surface area contributed by atoms with Gasteiger partial charge in [0.1, 0.15) is 0 Å². The van der Waals surface area contributed by atoms with Crippen LogP contribution in [0, 0.1) is 6.92 Å². The van der Waals surface area contributed by atoms with Crippen molar-refractivity contribution in [3.8, 4) is 0 Å². The van der Waals surface area contributed by atoms with Gasteiger partial charge in [0.2, 0.25) is 0 Å². The van der Waals surface area contributed by atoms with Gasteiger partial charge in [-0.25, -0.2) is 0 Å². The largest absolute Gasteiger partial charge is 0.335 e. The lowest BCUT2D eigenvalue weighted by Gasteiger charge is -2.24. The Morgan fingerprint density at radius 1 is 1.38 bits per heavy atom. The molecule has 3 rings (SSSR count). The number of carbonyl (C=O) groups is 1. The van der Waals surface area contributed by atoms with Crippen molar-refractivity contribution in [2.75, 3.05) is 6.54 Å². The van der Waals surface area contributed by atoms with E-state index in [2.05, 4.69) is 45.1 Å². The third kappa shape index (κ3) is 3.22. The molecule has 0 spiro atoms. The maximum absolute atomic E-state index is 12.7. The van der Waals surface area contributed by atoms with Gasteiger partial charge >= 0.3 is 0 Å². The highest BCUT2D eigenvalue weighted by Crippen LogP contribution is 2.30. The van der Waals surface area contributed by atoms with Crippen LogP contribution in [0.3, 0.4) is 0 Å². The Hall–Kier alpha value is -1.13. The Morgan fingerprint density at radius 3 is 2.81 bits per heavy atom. The minimum atomic E-state index is 0.187. The molecule has 1 aliphatic rings. The predicted molar refractivity (Wildman–Crippen MR) is 91.0 cm³/mol. The third-order valence-electron chi connectivity index (χ3n) is 4.02. The van der Waals surface area contributed by atoms with Crippen molar-refractivity contribution in [3.63, 3.8) is 0 Å². The molecule has 0 bridgehead atoms. The van der Waals surface area contributed by atoms with Gasteiger partial charge in [0.25, 0.3) is 5.91 Å². The lowest BCUT2D eigenvalue weighted by Crippen LogP contribution is -2.36. The summed E-state index contributed by atoms with van der Waals surface area (Å²) in [5.74, 6) is 0.187. The second-order valence-electron chi connectivity index (χ2n) is 5.55. The SMILES string of the molecule is Cc1cc(C(=O)N2CCCC2Cc2ccccc2)sc1Br. The quantitative estimate of drug-likeness (QED) is 0.775. The Labute approximate surface area is 137 Å². The molecular formula is C17H18BrNOS. The molecule has 2 aromatic rings. The molecule has 0 N–H and O–H groups in total. The van der Waals surface area contributed by atoms with E-state index >= 15 is 0 Å². The van der Waals surface area contributed by atoms with Gasteiger partial charge in [-0.2, -0.15) is 0 Å². The molecule has 4 heteroatoms. The summed E-state index contributed by atoms with van der Waals surface area (Å²) in [7, 11) is 0. The average Bonchev–Trinajstić information content (AvgIpc) is 3.07. The van der Waals surface area contributed by atoms with Crippen molar-refractivity contribution in [2.24, 2.45) is 0 Å². The van der Waals surface area contributed by atoms with Gasteiger partial charge in [-0.15, -0.1) is 11.3 Å². The third-order valence-corrected chi connectivity index (χ3v) is 6.14. The van der Waals surface area contributed by atoms with E-state index in [4.69, 9.17) is 0 Å². The highest BCUT2D eigenvalue weighted by Gasteiger charge is 2.30. The number of nitrogens with zero attached hydrogens (tertiary/aromatic N) is 1. The molecule has 0 saturated carbocycles. The van der Waals surface area contributed by atoms with E-state index in [1.165, 1.54) is 5.56 Å². The van der Waals surface area contributed by atoms with Crippen LogP contribution < -0.4 is 0 Å². The molecule has 2 nitrogen and oxygen atoms in total. The Morgan fingerprint density at radius 2 is 2.14 bits per heavy atom. The van der Waals surface area contributed by atoms with Gasteiger partial charge in [0, 0.05) is 12.6 Å². The zero-order valence-electron chi connectivity index (χ0n) is 12.0. The average molecular weight is 364 g/mol. The summed E-state index contributed by atoms with van der Waals surface area (Å²) in [6, 6.07) is 12.8. The molecule has 0 aliphatic carbocycles. The maximum atomic E-state index is 12.7. The standard InChI is InChI=1S/C17H18BrNOS/c1-12-10-15(21-16(12)18)17(20)19-9-5-8-14(19)11-13-6-3-2-4-7-13/h2-4,6-7,10,14H,5,8-9,11H2,1H3. The number of thiophene rings is 1. The summed E-state index contributed by atoms with van der Waals surface area (Å²) >= 11 is 5.05. The molecule has 1 amide bonds. The van der Waals surface area contributed by atoms with Crippen LogP contribution >= 0.6 is 27.3 Å². The minimum absolute atomic E-state index is 0.187. The lowest BCUT2D eigenvalue weighted by molar-refractivity contribution is 0.0741. The van der Waals surface area contributed by atoms with E-state index < -0.39 is 0 Å². The second kappa shape index (κ2) is 6.32. The Balaban J connectivity index is 1.76. The molecular weight excluding hydrogens is 346 g/mol. The van der Waals surface area contributed by atoms with Gasteiger partial charge in [0.05, 0.1) is 8.66 Å². The van der Waals surface area contributed by atoms with E-state index in [1.807, 2.05) is 19.1 Å². The molecule has 1 aromatic carbocycles. The van der Waals surface area contributed by atoms with Gasteiger partial charge in [-0.05, 0) is 59.3 Å². The molecule has 110 valence electrons. The number of rotatable bonds is 3. The molecule has 1 fully saturated rings. The van der Waals surface area contributed by atoms with E-state index in [0.717, 1.165) is 40.0 Å². The fourth-order valence-electron chi connectivity index (χ4n) is 2.91. The zero-order valence-corrected chi connectivity index (χ0v) is 14.4. The van der Waals surface area contributed by atoms with Gasteiger partial charge in [0.15, 0.2) is 0 Å². The summed E-state index contributed by atoms with van der Waals surface area (Å²) in [5.41, 5.74) is 2.45. The van der Waals surface area contributed by atoms with Crippen LogP contribution in [0.1, 0.15) is 33.6 Å². The highest BCUT2D eigenvalue weighted by molar-refractivity contribution is 9.11. The zero-order chi connectivity index (χ0) is 14.8. The van der Waals surface area contributed by atoms with E-state index in [-0.39, 0.29) is 5.91 Å². The summed E-state index contributed by atoms with van der Waals surface area (Å²) in [6.45, 7) is 2.91. The molecule has 2 heterocycles. The molecule has 1 saturated heterocycles. The van der Waals surface area contributed by atoms with Crippen molar-refractivity contribution in [1.29, 1.82) is 0 Å². The van der Waals surface area contributed by atoms with Gasteiger partial charge < -0.3 is 4.90 Å². The van der Waals surface area contributed by atoms with Crippen LogP contribution in [0.4, 0.5) is 0 Å². The van der Waals surface area contributed by atoms with Crippen molar-refractivity contribution < 1.29 is 4.79 Å². The van der Waals surface area contributed by atoms with Crippen LogP contribution in [-0.2, 0) is 6.42 Å². The number of benzene rings is 1. The van der Waals surface area contributed by atoms with Crippen molar-refractivity contribution in [3.05, 3.63) is 56.2 Å². The number of carbonyl (C=O) groups excluding carboxylic acids is 1. The molecule has 0 radical (unpaired) electrons. The smallest absolute Gasteiger partial charge is 0.264 e. The first-order valence-corrected chi connectivity index (χ1v) is 8.87. The monoisotopic (exact) mass is 363 g/mol. The van der Waals surface area contributed by atoms with E-state index in [9.17, 15) is 4.79 Å². The van der Waals surface area contributed by atoms with Crippen LogP contribution in [0.5, 0.6) is 0 Å². The summed E-state index contributed by atoms with van der Waals surface area (Å²) in [4.78, 5) is 15.6. The van der Waals surface area contributed by atoms with Crippen LogP contribution in [0.2, 0.25) is 0 Å². The molecule has 1 aromatic heterocycles. The van der Waals surface area contributed by atoms with Crippen LogP contribution in [0.25, 0.3) is 0 Å². The fraction of sp³-hybridized carbons (Fsp3) is 0.353. The van der Waals surface area contributed by atoms with Crippen molar-refractivity contribution >= 4 is 33.2 Å². The first-order valence-electron chi connectivity index (χ1n) is 7.26. The van der Waals surface area contributed by atoms with E-state index in [0.29, 0.717) is 6.04 Å². The van der Waals surface area contributed by atoms with Crippen LogP contribution in [0.15, 0.2) is 40.2 Å². The Bertz CT molecular complexity index is 618. The minimum Gasteiger partial charge on any atom is -0.335 e. The maximum Gasteiger partial charge on any atom is 0.264 e. The van der Waals surface area contributed by atoms with Crippen LogP contribution in [-0.4, -0.2) is 23.4 Å². The Kier molecular flexibility index (Phi) is 4.45. The summed E-state index contributed by atoms with van der Waals surface area (Å²) < 4.78 is 1.06. The topological polar surface area (TPSA) is 20.3 Å². The number of amides is 1. The fourth-order valence-corrected chi connectivity index (χ4v) is 4.40. The first-order chi connectivity index (χ1) is 10.1. The number of hydrogen-bond acceptors (Lipinski definition) is 2. The second-order valence-corrected chi connectivity index (χ2v) is 7.92. The predicted octanol–water partition coefficient (Wildman–Crippen LogP) is 4.67. The number of halogens is 1. The first kappa shape index (κ1) is 14.8. The summed E-state index contributed by atoms with van der Waals surface area (Å²) in [5, 5.41) is 0. The van der Waals surface area contributed by atoms with Gasteiger partial charge in [-0.3, -0.25) is 4.79 Å². The number of hydrogen-bond donors (Lipinski definition) is 0. The van der Waals surface area contributed by atoms with Crippen molar-refractivity contribution in [2.45, 2.75) is 32.2 Å². The molecule has 1 atom stereocenters. The number of aryl methyl sites for hydroxylation is 1. The highest BCUT2D eigenvalue weighted by atomic mass is 79.9. The number of likely N-dealkylation sites (tertiary alicyclic amines) is 1. The van der Waals surface area contributed by atoms with E-state index in [1.54, 1.807) is 11.3 Å². The van der Waals surface area contributed by atoms with Crippen molar-refractivity contribution in [1.82, 2.24) is 4.90 Å². The normalized spacial score (nSPS) is 18.2. The molecule has 1 aliphatic heterocycles. The van der Waals surface area contributed by atoms with Gasteiger partial charge in [-0.1, -0.05) is 30.3 Å². The molecule has 1 unspecified atom stereocenters.